The van der Waals surface area contributed by atoms with Crippen molar-refractivity contribution >= 4 is 62.5 Å². The van der Waals surface area contributed by atoms with Gasteiger partial charge in [-0.25, -0.2) is 9.37 Å². The summed E-state index contributed by atoms with van der Waals surface area (Å²) in [5.41, 5.74) is 0.619. The number of halogens is 3. The average molecular weight is 569 g/mol. The summed E-state index contributed by atoms with van der Waals surface area (Å²) in [7, 11) is 1.75. The van der Waals surface area contributed by atoms with Crippen molar-refractivity contribution in [2.45, 2.75) is 19.9 Å². The Kier molecular flexibility index (Phi) is 8.67. The van der Waals surface area contributed by atoms with Gasteiger partial charge in [-0.1, -0.05) is 28.9 Å². The minimum absolute atomic E-state index is 0. The van der Waals surface area contributed by atoms with Gasteiger partial charge in [-0.2, -0.15) is 4.37 Å². The van der Waals surface area contributed by atoms with E-state index in [-0.39, 0.29) is 29.8 Å². The van der Waals surface area contributed by atoms with Gasteiger partial charge in [-0.05, 0) is 12.1 Å². The van der Waals surface area contributed by atoms with E-state index in [0.717, 1.165) is 54.0 Å². The van der Waals surface area contributed by atoms with Gasteiger partial charge in [0.1, 0.15) is 11.6 Å². The SMILES string of the molecule is CCc1nsc(N2CCN(C(=NC)NCc3ccc(Br)cc3F)CC2)n1.I. The molecular formula is C17H23BrFIN6S. The Bertz CT molecular complexity index is 779. The van der Waals surface area contributed by atoms with Gasteiger partial charge >= 0.3 is 0 Å². The molecule has 0 bridgehead atoms. The number of aryl methyl sites for hydroxylation is 1. The number of nitrogens with zero attached hydrogens (tertiary/aromatic N) is 5. The first kappa shape index (κ1) is 22.3. The Morgan fingerprint density at radius 2 is 2.07 bits per heavy atom. The van der Waals surface area contributed by atoms with Crippen LogP contribution in [0.4, 0.5) is 9.52 Å². The van der Waals surface area contributed by atoms with E-state index in [1.165, 1.54) is 17.6 Å². The van der Waals surface area contributed by atoms with Crippen molar-refractivity contribution in [3.8, 4) is 0 Å². The van der Waals surface area contributed by atoms with Crippen molar-refractivity contribution in [2.24, 2.45) is 4.99 Å². The number of aromatic nitrogens is 2. The fraction of sp³-hybridized carbons (Fsp3) is 0.471. The van der Waals surface area contributed by atoms with Crippen molar-refractivity contribution in [3.05, 3.63) is 39.9 Å². The van der Waals surface area contributed by atoms with Gasteiger partial charge in [0.05, 0.1) is 0 Å². The molecule has 0 spiro atoms. The van der Waals surface area contributed by atoms with Crippen molar-refractivity contribution in [2.75, 3.05) is 38.1 Å². The zero-order chi connectivity index (χ0) is 18.5. The van der Waals surface area contributed by atoms with Crippen LogP contribution in [0.15, 0.2) is 27.7 Å². The minimum atomic E-state index is -0.227. The van der Waals surface area contributed by atoms with Crippen LogP contribution in [0.1, 0.15) is 18.3 Å². The van der Waals surface area contributed by atoms with E-state index in [2.05, 4.69) is 52.3 Å². The predicted octanol–water partition coefficient (Wildman–Crippen LogP) is 3.52. The molecule has 2 aromatic rings. The van der Waals surface area contributed by atoms with E-state index < -0.39 is 0 Å². The smallest absolute Gasteiger partial charge is 0.205 e. The summed E-state index contributed by atoms with van der Waals surface area (Å²) in [6, 6.07) is 5.10. The molecule has 1 N–H and O–H groups in total. The summed E-state index contributed by atoms with van der Waals surface area (Å²) in [5, 5.41) is 4.25. The van der Waals surface area contributed by atoms with E-state index in [4.69, 9.17) is 0 Å². The number of anilines is 1. The fourth-order valence-corrected chi connectivity index (χ4v) is 3.93. The highest BCUT2D eigenvalue weighted by molar-refractivity contribution is 14.0. The second-order valence-corrected chi connectivity index (χ2v) is 7.60. The van der Waals surface area contributed by atoms with Crippen molar-refractivity contribution in [3.63, 3.8) is 0 Å². The summed E-state index contributed by atoms with van der Waals surface area (Å²) >= 11 is 4.74. The average Bonchev–Trinajstić information content (AvgIpc) is 3.13. The number of rotatable bonds is 4. The van der Waals surface area contributed by atoms with Crippen molar-refractivity contribution < 1.29 is 4.39 Å². The lowest BCUT2D eigenvalue weighted by molar-refractivity contribution is 0.372. The lowest BCUT2D eigenvalue weighted by Crippen LogP contribution is -2.52. The first-order valence-corrected chi connectivity index (χ1v) is 10.1. The molecule has 0 saturated carbocycles. The number of nitrogens with one attached hydrogen (secondary N) is 1. The lowest BCUT2D eigenvalue weighted by atomic mass is 10.2. The third-order valence-electron chi connectivity index (χ3n) is 4.29. The maximum Gasteiger partial charge on any atom is 0.205 e. The number of hydrogen-bond donors (Lipinski definition) is 1. The Hall–Kier alpha value is -1.01. The van der Waals surface area contributed by atoms with E-state index in [1.54, 1.807) is 13.1 Å². The topological polar surface area (TPSA) is 56.7 Å². The van der Waals surface area contributed by atoms with E-state index in [9.17, 15) is 4.39 Å². The zero-order valence-electron chi connectivity index (χ0n) is 15.3. The Labute approximate surface area is 188 Å². The quantitative estimate of drug-likeness (QED) is 0.347. The summed E-state index contributed by atoms with van der Waals surface area (Å²) in [6.07, 6.45) is 0.861. The number of guanidine groups is 1. The molecule has 2 heterocycles. The maximum atomic E-state index is 14.0. The largest absolute Gasteiger partial charge is 0.352 e. The summed E-state index contributed by atoms with van der Waals surface area (Å²) < 4.78 is 19.1. The first-order chi connectivity index (χ1) is 12.6. The van der Waals surface area contributed by atoms with Gasteiger partial charge in [-0.3, -0.25) is 4.99 Å². The van der Waals surface area contributed by atoms with Crippen LogP contribution in [-0.2, 0) is 13.0 Å². The molecule has 0 unspecified atom stereocenters. The molecule has 10 heteroatoms. The standard InChI is InChI=1S/C17H22BrFN6S.HI/c1-3-15-22-17(26-23-15)25-8-6-24(7-9-25)16(20-2)21-11-12-4-5-13(18)10-14(12)19;/h4-5,10H,3,6-9,11H2,1-2H3,(H,20,21);1H. The van der Waals surface area contributed by atoms with Crippen molar-refractivity contribution in [1.29, 1.82) is 0 Å². The molecule has 0 radical (unpaired) electrons. The van der Waals surface area contributed by atoms with Crippen LogP contribution >= 0.6 is 51.4 Å². The normalized spacial score (nSPS) is 14.9. The third-order valence-corrected chi connectivity index (χ3v) is 5.60. The van der Waals surface area contributed by atoms with Crippen LogP contribution < -0.4 is 10.2 Å². The molecule has 0 atom stereocenters. The molecule has 1 aromatic heterocycles. The van der Waals surface area contributed by atoms with Crippen LogP contribution in [0.25, 0.3) is 0 Å². The molecule has 3 rings (SSSR count). The van der Waals surface area contributed by atoms with E-state index in [0.29, 0.717) is 12.1 Å². The number of piperazine rings is 1. The first-order valence-electron chi connectivity index (χ1n) is 8.57. The summed E-state index contributed by atoms with van der Waals surface area (Å²) in [6.45, 7) is 5.88. The van der Waals surface area contributed by atoms with Gasteiger partial charge in [0.2, 0.25) is 5.13 Å². The second kappa shape index (κ2) is 10.5. The molecule has 1 aliphatic rings. The fourth-order valence-electron chi connectivity index (χ4n) is 2.80. The van der Waals surface area contributed by atoms with Crippen LogP contribution in [0, 0.1) is 5.82 Å². The number of aliphatic imine (C=N–C) groups is 1. The Balaban J connectivity index is 0.00000261. The van der Waals surface area contributed by atoms with Gasteiger partial charge < -0.3 is 15.1 Å². The highest BCUT2D eigenvalue weighted by Crippen LogP contribution is 2.19. The van der Waals surface area contributed by atoms with Crippen molar-refractivity contribution in [1.82, 2.24) is 19.6 Å². The molecule has 1 aliphatic heterocycles. The summed E-state index contributed by atoms with van der Waals surface area (Å²) in [5.74, 6) is 1.47. The molecule has 27 heavy (non-hydrogen) atoms. The predicted molar refractivity (Wildman–Crippen MR) is 123 cm³/mol. The number of benzene rings is 1. The number of hydrogen-bond acceptors (Lipinski definition) is 5. The Morgan fingerprint density at radius 1 is 1.33 bits per heavy atom. The molecule has 1 fully saturated rings. The third kappa shape index (κ3) is 5.74. The van der Waals surface area contributed by atoms with E-state index >= 15 is 0 Å². The second-order valence-electron chi connectivity index (χ2n) is 5.96. The van der Waals surface area contributed by atoms with E-state index in [1.807, 2.05) is 6.07 Å². The lowest BCUT2D eigenvalue weighted by Gasteiger charge is -2.36. The highest BCUT2D eigenvalue weighted by Gasteiger charge is 2.22. The van der Waals surface area contributed by atoms with Gasteiger partial charge in [0, 0.05) is 67.8 Å². The molecule has 1 saturated heterocycles. The van der Waals surface area contributed by atoms with Crippen LogP contribution in [0.5, 0.6) is 0 Å². The highest BCUT2D eigenvalue weighted by atomic mass is 127. The molecule has 6 nitrogen and oxygen atoms in total. The van der Waals surface area contributed by atoms with Gasteiger partial charge in [0.25, 0.3) is 0 Å². The molecule has 0 amide bonds. The zero-order valence-corrected chi connectivity index (χ0v) is 20.0. The van der Waals surface area contributed by atoms with Crippen LogP contribution in [0.2, 0.25) is 0 Å². The monoisotopic (exact) mass is 568 g/mol. The molecule has 0 aliphatic carbocycles. The molecule has 1 aromatic carbocycles. The molecular weight excluding hydrogens is 546 g/mol. The maximum absolute atomic E-state index is 14.0. The van der Waals surface area contributed by atoms with Gasteiger partial charge in [-0.15, -0.1) is 24.0 Å². The Morgan fingerprint density at radius 3 is 2.67 bits per heavy atom. The van der Waals surface area contributed by atoms with Crippen LogP contribution in [-0.4, -0.2) is 53.4 Å². The van der Waals surface area contributed by atoms with Crippen LogP contribution in [0.3, 0.4) is 0 Å². The minimum Gasteiger partial charge on any atom is -0.352 e. The molecule has 148 valence electrons. The summed E-state index contributed by atoms with van der Waals surface area (Å²) in [4.78, 5) is 13.4. The van der Waals surface area contributed by atoms with Gasteiger partial charge in [0.15, 0.2) is 5.96 Å².